The summed E-state index contributed by atoms with van der Waals surface area (Å²) in [5, 5.41) is 0. The third-order valence-corrected chi connectivity index (χ3v) is 7.25. The summed E-state index contributed by atoms with van der Waals surface area (Å²) in [6.45, 7) is 7.08. The van der Waals surface area contributed by atoms with Crippen molar-refractivity contribution in [2.45, 2.75) is 33.7 Å². The van der Waals surface area contributed by atoms with Crippen LogP contribution in [0.15, 0.2) is 57.5 Å². The maximum atomic E-state index is 14.0. The number of ether oxygens (including phenoxy) is 5. The zero-order valence-corrected chi connectivity index (χ0v) is 24.8. The number of thiazole rings is 1. The van der Waals surface area contributed by atoms with Crippen molar-refractivity contribution in [2.75, 3.05) is 27.9 Å². The van der Waals surface area contributed by atoms with Gasteiger partial charge >= 0.3 is 11.9 Å². The van der Waals surface area contributed by atoms with E-state index in [2.05, 4.69) is 4.99 Å². The molecule has 41 heavy (non-hydrogen) atoms. The van der Waals surface area contributed by atoms with Crippen molar-refractivity contribution < 1.29 is 33.3 Å². The van der Waals surface area contributed by atoms with Gasteiger partial charge in [-0.2, -0.15) is 0 Å². The normalized spacial score (nSPS) is 14.8. The highest BCUT2D eigenvalue weighted by Gasteiger charge is 2.34. The minimum atomic E-state index is -0.874. The molecule has 3 aromatic rings. The molecule has 0 unspecified atom stereocenters. The molecule has 0 bridgehead atoms. The van der Waals surface area contributed by atoms with Crippen molar-refractivity contribution in [3.63, 3.8) is 0 Å². The highest BCUT2D eigenvalue weighted by molar-refractivity contribution is 7.07. The van der Waals surface area contributed by atoms with Crippen LogP contribution in [0.1, 0.15) is 44.9 Å². The van der Waals surface area contributed by atoms with Gasteiger partial charge in [-0.1, -0.05) is 43.4 Å². The van der Waals surface area contributed by atoms with E-state index in [1.54, 1.807) is 50.4 Å². The van der Waals surface area contributed by atoms with Crippen molar-refractivity contribution in [1.29, 1.82) is 0 Å². The standard InChI is InChI=1S/C30H32N2O8S/c1-16(2)15-39-29(35)25-17(3)31-30-32(26(25)19-11-12-21(40-18(4)33)23(13-19)37-6)28(34)24(41-30)14-20-9-8-10-22(36-5)27(20)38-7/h8-14,16,26H,15H2,1-7H3/b24-14-/t26-/m0/s1. The van der Waals surface area contributed by atoms with Gasteiger partial charge < -0.3 is 23.7 Å². The number of carbonyl (C=O) groups excluding carboxylic acids is 2. The molecular formula is C30H32N2O8S. The first-order valence-corrected chi connectivity index (χ1v) is 13.7. The highest BCUT2D eigenvalue weighted by atomic mass is 32.1. The number of allylic oxidation sites excluding steroid dienone is 1. The average Bonchev–Trinajstić information content (AvgIpc) is 3.24. The minimum absolute atomic E-state index is 0.112. The Hall–Kier alpha value is -4.38. The zero-order chi connectivity index (χ0) is 29.8. The molecule has 4 rings (SSSR count). The topological polar surface area (TPSA) is 115 Å². The van der Waals surface area contributed by atoms with Gasteiger partial charge in [0.15, 0.2) is 27.8 Å². The number of carbonyl (C=O) groups is 2. The Morgan fingerprint density at radius 3 is 2.41 bits per heavy atom. The molecule has 1 aliphatic rings. The monoisotopic (exact) mass is 580 g/mol. The Morgan fingerprint density at radius 1 is 1.05 bits per heavy atom. The van der Waals surface area contributed by atoms with Crippen LogP contribution in [0.5, 0.6) is 23.0 Å². The average molecular weight is 581 g/mol. The van der Waals surface area contributed by atoms with E-state index in [4.69, 9.17) is 23.7 Å². The minimum Gasteiger partial charge on any atom is -0.493 e. The fraction of sp³-hybridized carbons (Fsp3) is 0.333. The second kappa shape index (κ2) is 12.4. The van der Waals surface area contributed by atoms with Crippen LogP contribution < -0.4 is 33.8 Å². The number of benzene rings is 2. The summed E-state index contributed by atoms with van der Waals surface area (Å²) >= 11 is 1.19. The summed E-state index contributed by atoms with van der Waals surface area (Å²) in [5.74, 6) is 0.523. The molecule has 216 valence electrons. The Balaban J connectivity index is 1.95. The van der Waals surface area contributed by atoms with Crippen LogP contribution in [0.3, 0.4) is 0 Å². The van der Waals surface area contributed by atoms with E-state index in [1.807, 2.05) is 19.9 Å². The van der Waals surface area contributed by atoms with Crippen molar-refractivity contribution in [1.82, 2.24) is 4.57 Å². The molecule has 10 nitrogen and oxygen atoms in total. The predicted molar refractivity (Wildman–Crippen MR) is 153 cm³/mol. The van der Waals surface area contributed by atoms with Gasteiger partial charge in [0.05, 0.1) is 49.8 Å². The summed E-state index contributed by atoms with van der Waals surface area (Å²) in [7, 11) is 4.51. The molecule has 2 heterocycles. The maximum Gasteiger partial charge on any atom is 0.338 e. The molecule has 0 N–H and O–H groups in total. The number of hydrogen-bond acceptors (Lipinski definition) is 10. The number of rotatable bonds is 9. The van der Waals surface area contributed by atoms with E-state index in [0.29, 0.717) is 37.7 Å². The fourth-order valence-electron chi connectivity index (χ4n) is 4.48. The molecule has 11 heteroatoms. The van der Waals surface area contributed by atoms with Gasteiger partial charge in [-0.05, 0) is 42.7 Å². The quantitative estimate of drug-likeness (QED) is 0.280. The highest BCUT2D eigenvalue weighted by Crippen LogP contribution is 2.36. The molecule has 1 aliphatic heterocycles. The summed E-state index contributed by atoms with van der Waals surface area (Å²) in [6, 6.07) is 9.40. The van der Waals surface area contributed by atoms with E-state index in [0.717, 1.165) is 0 Å². The van der Waals surface area contributed by atoms with E-state index in [9.17, 15) is 14.4 Å². The van der Waals surface area contributed by atoms with Crippen LogP contribution >= 0.6 is 11.3 Å². The summed E-state index contributed by atoms with van der Waals surface area (Å²) in [4.78, 5) is 44.1. The summed E-state index contributed by atoms with van der Waals surface area (Å²) in [6.07, 6.45) is 1.71. The number of esters is 2. The number of fused-ring (bicyclic) bond motifs is 1. The zero-order valence-electron chi connectivity index (χ0n) is 24.0. The lowest BCUT2D eigenvalue weighted by molar-refractivity contribution is -0.140. The third kappa shape index (κ3) is 6.04. The lowest BCUT2D eigenvalue weighted by Crippen LogP contribution is -2.40. The third-order valence-electron chi connectivity index (χ3n) is 6.27. The first-order valence-electron chi connectivity index (χ1n) is 12.9. The molecular weight excluding hydrogens is 548 g/mol. The number of nitrogens with zero attached hydrogens (tertiary/aromatic N) is 2. The van der Waals surface area contributed by atoms with Crippen LogP contribution in [0, 0.1) is 5.92 Å². The van der Waals surface area contributed by atoms with E-state index >= 15 is 0 Å². The molecule has 0 fully saturated rings. The van der Waals surface area contributed by atoms with E-state index in [-0.39, 0.29) is 35.2 Å². The van der Waals surface area contributed by atoms with E-state index in [1.165, 1.54) is 37.0 Å². The number of methoxy groups -OCH3 is 3. The molecule has 0 saturated heterocycles. The van der Waals surface area contributed by atoms with Crippen molar-refractivity contribution >= 4 is 29.4 Å². The SMILES string of the molecule is COc1cc([C@H]2C(C(=O)OCC(C)C)=C(C)N=c3s/c(=C\c4cccc(OC)c4OC)c(=O)n32)ccc1OC(C)=O. The second-order valence-corrected chi connectivity index (χ2v) is 10.7. The Kier molecular flexibility index (Phi) is 8.97. The van der Waals surface area contributed by atoms with Crippen LogP contribution in [-0.4, -0.2) is 44.4 Å². The van der Waals surface area contributed by atoms with Gasteiger partial charge in [-0.25, -0.2) is 9.79 Å². The van der Waals surface area contributed by atoms with Crippen molar-refractivity contribution in [3.8, 4) is 23.0 Å². The molecule has 0 spiro atoms. The molecule has 0 amide bonds. The smallest absolute Gasteiger partial charge is 0.338 e. The Bertz CT molecular complexity index is 1700. The largest absolute Gasteiger partial charge is 0.493 e. The molecule has 0 aliphatic carbocycles. The van der Waals surface area contributed by atoms with Crippen molar-refractivity contribution in [3.05, 3.63) is 78.5 Å². The van der Waals surface area contributed by atoms with Crippen LogP contribution in [0.2, 0.25) is 0 Å². The van der Waals surface area contributed by atoms with Gasteiger partial charge in [0, 0.05) is 12.5 Å². The van der Waals surface area contributed by atoms with Gasteiger partial charge in [-0.15, -0.1) is 0 Å². The first kappa shape index (κ1) is 29.6. The Morgan fingerprint density at radius 2 is 1.78 bits per heavy atom. The lowest BCUT2D eigenvalue weighted by Gasteiger charge is -2.25. The molecule has 0 radical (unpaired) electrons. The molecule has 1 aromatic heterocycles. The number of hydrogen-bond donors (Lipinski definition) is 0. The van der Waals surface area contributed by atoms with Crippen LogP contribution in [0.4, 0.5) is 0 Å². The molecule has 0 saturated carbocycles. The lowest BCUT2D eigenvalue weighted by atomic mass is 9.95. The van der Waals surface area contributed by atoms with Gasteiger partial charge in [0.1, 0.15) is 0 Å². The van der Waals surface area contributed by atoms with E-state index < -0.39 is 18.0 Å². The summed E-state index contributed by atoms with van der Waals surface area (Å²) < 4.78 is 29.2. The van der Waals surface area contributed by atoms with Gasteiger partial charge in [0.25, 0.3) is 5.56 Å². The molecule has 2 aromatic carbocycles. The number of para-hydroxylation sites is 1. The van der Waals surface area contributed by atoms with Gasteiger partial charge in [-0.3, -0.25) is 14.2 Å². The first-order chi connectivity index (χ1) is 19.6. The van der Waals surface area contributed by atoms with Crippen molar-refractivity contribution in [2.24, 2.45) is 10.9 Å². The maximum absolute atomic E-state index is 14.0. The molecule has 1 atom stereocenters. The van der Waals surface area contributed by atoms with Crippen LogP contribution in [0.25, 0.3) is 6.08 Å². The number of aromatic nitrogens is 1. The fourth-order valence-corrected chi connectivity index (χ4v) is 5.52. The Labute approximate surface area is 241 Å². The predicted octanol–water partition coefficient (Wildman–Crippen LogP) is 3.39. The van der Waals surface area contributed by atoms with Gasteiger partial charge in [0.2, 0.25) is 0 Å². The second-order valence-electron chi connectivity index (χ2n) is 9.66. The summed E-state index contributed by atoms with van der Waals surface area (Å²) in [5.41, 5.74) is 1.50. The van der Waals surface area contributed by atoms with Crippen LogP contribution in [-0.2, 0) is 14.3 Å².